The summed E-state index contributed by atoms with van der Waals surface area (Å²) < 4.78 is 11.5. The van der Waals surface area contributed by atoms with Crippen molar-refractivity contribution < 1.29 is 19.1 Å². The summed E-state index contributed by atoms with van der Waals surface area (Å²) in [4.78, 5) is 26.7. The van der Waals surface area contributed by atoms with Crippen LogP contribution in [0.15, 0.2) is 30.3 Å². The van der Waals surface area contributed by atoms with Crippen molar-refractivity contribution in [3.63, 3.8) is 0 Å². The highest BCUT2D eigenvalue weighted by Crippen LogP contribution is 2.46. The van der Waals surface area contributed by atoms with Crippen molar-refractivity contribution >= 4 is 11.9 Å². The molecule has 2 saturated heterocycles. The van der Waals surface area contributed by atoms with E-state index >= 15 is 0 Å². The van der Waals surface area contributed by atoms with Gasteiger partial charge in [0.2, 0.25) is 5.91 Å². The van der Waals surface area contributed by atoms with Crippen LogP contribution in [0.4, 0.5) is 0 Å². The lowest BCUT2D eigenvalue weighted by Gasteiger charge is -2.60. The molecule has 1 amide bonds. The van der Waals surface area contributed by atoms with Gasteiger partial charge in [0, 0.05) is 0 Å². The number of hydrogen-bond acceptors (Lipinski definition) is 4. The summed E-state index contributed by atoms with van der Waals surface area (Å²) in [5.74, 6) is -0.482. The average molecular weight is 329 g/mol. The molecule has 1 spiro atoms. The van der Waals surface area contributed by atoms with E-state index in [0.29, 0.717) is 12.2 Å². The summed E-state index contributed by atoms with van der Waals surface area (Å²) in [5.41, 5.74) is 0.148. The van der Waals surface area contributed by atoms with Crippen LogP contribution in [0.5, 0.6) is 0 Å². The minimum Gasteiger partial charge on any atom is -0.461 e. The summed E-state index contributed by atoms with van der Waals surface area (Å²) in [7, 11) is 0. The highest BCUT2D eigenvalue weighted by molar-refractivity contribution is 5.90. The highest BCUT2D eigenvalue weighted by atomic mass is 16.5. The van der Waals surface area contributed by atoms with Crippen LogP contribution in [-0.2, 0) is 14.3 Å². The Labute approximate surface area is 141 Å². The summed E-state index contributed by atoms with van der Waals surface area (Å²) >= 11 is 0. The Hall–Kier alpha value is -1.88. The largest absolute Gasteiger partial charge is 0.461 e. The van der Waals surface area contributed by atoms with Gasteiger partial charge < -0.3 is 14.4 Å². The van der Waals surface area contributed by atoms with Crippen LogP contribution in [0.1, 0.15) is 48.9 Å². The summed E-state index contributed by atoms with van der Waals surface area (Å²) in [6, 6.07) is 9.07. The van der Waals surface area contributed by atoms with Crippen LogP contribution in [0, 0.1) is 5.92 Å². The molecule has 2 heterocycles. The zero-order valence-electron chi connectivity index (χ0n) is 13.8. The lowest BCUT2D eigenvalue weighted by Crippen LogP contribution is -2.74. The number of benzene rings is 1. The van der Waals surface area contributed by atoms with E-state index in [-0.39, 0.29) is 36.2 Å². The molecule has 5 nitrogen and oxygen atoms in total. The van der Waals surface area contributed by atoms with Gasteiger partial charge in [-0.05, 0) is 44.2 Å². The van der Waals surface area contributed by atoms with Crippen molar-refractivity contribution in [2.45, 2.75) is 50.3 Å². The molecule has 0 bridgehead atoms. The van der Waals surface area contributed by atoms with Gasteiger partial charge in [-0.1, -0.05) is 24.6 Å². The zero-order valence-corrected chi connectivity index (χ0v) is 13.8. The van der Waals surface area contributed by atoms with Gasteiger partial charge >= 0.3 is 5.97 Å². The molecule has 1 aromatic rings. The summed E-state index contributed by atoms with van der Waals surface area (Å²) in [6.07, 6.45) is 6.16. The van der Waals surface area contributed by atoms with Gasteiger partial charge in [0.15, 0.2) is 0 Å². The van der Waals surface area contributed by atoms with Gasteiger partial charge in [-0.25, -0.2) is 4.79 Å². The fourth-order valence-electron chi connectivity index (χ4n) is 4.37. The van der Waals surface area contributed by atoms with E-state index in [1.54, 1.807) is 24.3 Å². The number of β-lactam (4-membered cyclic amide) rings is 1. The summed E-state index contributed by atoms with van der Waals surface area (Å²) in [6.45, 7) is 0.862. The molecular formula is C19H23NO4. The van der Waals surface area contributed by atoms with Crippen molar-refractivity contribution in [2.24, 2.45) is 5.92 Å². The Morgan fingerprint density at radius 3 is 2.71 bits per heavy atom. The minimum absolute atomic E-state index is 0.0856. The molecule has 1 aliphatic carbocycles. The average Bonchev–Trinajstić information content (AvgIpc) is 2.62. The fourth-order valence-corrected chi connectivity index (χ4v) is 4.37. The van der Waals surface area contributed by atoms with E-state index in [4.69, 9.17) is 9.47 Å². The second-order valence-corrected chi connectivity index (χ2v) is 6.99. The Morgan fingerprint density at radius 2 is 1.96 bits per heavy atom. The predicted octanol–water partition coefficient (Wildman–Crippen LogP) is 2.75. The van der Waals surface area contributed by atoms with Crippen LogP contribution < -0.4 is 0 Å². The smallest absolute Gasteiger partial charge is 0.338 e. The SMILES string of the molecule is O=C(OC[C@H]1C(=O)N2[C@@H]1CCOC21CCCCC1)c1ccccc1. The third kappa shape index (κ3) is 2.51. The topological polar surface area (TPSA) is 55.8 Å². The van der Waals surface area contributed by atoms with Crippen molar-refractivity contribution in [2.75, 3.05) is 13.2 Å². The third-order valence-corrected chi connectivity index (χ3v) is 5.61. The van der Waals surface area contributed by atoms with Crippen molar-refractivity contribution in [1.82, 2.24) is 4.90 Å². The van der Waals surface area contributed by atoms with Crippen molar-refractivity contribution in [1.29, 1.82) is 0 Å². The van der Waals surface area contributed by atoms with E-state index in [1.165, 1.54) is 6.42 Å². The number of nitrogens with zero attached hydrogens (tertiary/aromatic N) is 1. The zero-order chi connectivity index (χ0) is 16.6. The van der Waals surface area contributed by atoms with E-state index in [1.807, 2.05) is 11.0 Å². The Morgan fingerprint density at radius 1 is 1.21 bits per heavy atom. The normalized spacial score (nSPS) is 28.2. The second-order valence-electron chi connectivity index (χ2n) is 6.99. The molecule has 128 valence electrons. The Balaban J connectivity index is 1.40. The first-order valence-corrected chi connectivity index (χ1v) is 8.91. The number of rotatable bonds is 3. The maximum Gasteiger partial charge on any atom is 0.338 e. The molecule has 5 heteroatoms. The maximum atomic E-state index is 12.7. The van der Waals surface area contributed by atoms with Gasteiger partial charge in [0.05, 0.1) is 24.1 Å². The van der Waals surface area contributed by atoms with Crippen molar-refractivity contribution in [3.8, 4) is 0 Å². The molecule has 0 radical (unpaired) electrons. The van der Waals surface area contributed by atoms with E-state index in [2.05, 4.69) is 0 Å². The first-order chi connectivity index (χ1) is 11.7. The highest BCUT2D eigenvalue weighted by Gasteiger charge is 2.59. The summed E-state index contributed by atoms with van der Waals surface area (Å²) in [5, 5.41) is 0. The maximum absolute atomic E-state index is 12.7. The van der Waals surface area contributed by atoms with Gasteiger partial charge in [0.1, 0.15) is 12.3 Å². The Kier molecular flexibility index (Phi) is 4.04. The van der Waals surface area contributed by atoms with Gasteiger partial charge in [-0.3, -0.25) is 4.79 Å². The van der Waals surface area contributed by atoms with Crippen LogP contribution in [0.2, 0.25) is 0 Å². The molecule has 0 unspecified atom stereocenters. The molecular weight excluding hydrogens is 306 g/mol. The number of amides is 1. The molecule has 0 aromatic heterocycles. The molecule has 0 N–H and O–H groups in total. The lowest BCUT2D eigenvalue weighted by atomic mass is 9.77. The first kappa shape index (κ1) is 15.6. The van der Waals surface area contributed by atoms with E-state index < -0.39 is 0 Å². The van der Waals surface area contributed by atoms with E-state index in [9.17, 15) is 9.59 Å². The molecule has 4 rings (SSSR count). The number of carbonyl (C=O) groups excluding carboxylic acids is 2. The number of carbonyl (C=O) groups is 2. The van der Waals surface area contributed by atoms with Crippen LogP contribution >= 0.6 is 0 Å². The molecule has 1 saturated carbocycles. The first-order valence-electron chi connectivity index (χ1n) is 8.91. The van der Waals surface area contributed by atoms with Crippen molar-refractivity contribution in [3.05, 3.63) is 35.9 Å². The molecule has 1 aromatic carbocycles. The van der Waals surface area contributed by atoms with Crippen LogP contribution in [0.25, 0.3) is 0 Å². The van der Waals surface area contributed by atoms with Gasteiger partial charge in [0.25, 0.3) is 0 Å². The van der Waals surface area contributed by atoms with Crippen LogP contribution in [0.3, 0.4) is 0 Å². The lowest BCUT2D eigenvalue weighted by molar-refractivity contribution is -0.257. The molecule has 3 fully saturated rings. The molecule has 2 atom stereocenters. The number of fused-ring (bicyclic) bond motifs is 2. The quantitative estimate of drug-likeness (QED) is 0.632. The fraction of sp³-hybridized carbons (Fsp3) is 0.579. The van der Waals surface area contributed by atoms with E-state index in [0.717, 1.165) is 32.1 Å². The number of ether oxygens (including phenoxy) is 2. The van der Waals surface area contributed by atoms with Gasteiger partial charge in [-0.2, -0.15) is 0 Å². The second kappa shape index (κ2) is 6.20. The molecule has 3 aliphatic rings. The Bertz CT molecular complexity index is 618. The van der Waals surface area contributed by atoms with Crippen LogP contribution in [-0.4, -0.2) is 41.8 Å². The standard InChI is InChI=1S/C19H23NO4/c21-17-15(13-23-18(22)14-7-3-1-4-8-14)16-9-12-24-19(20(16)17)10-5-2-6-11-19/h1,3-4,7-8,15-16H,2,5-6,9-13H2/t15-,16-/m1/s1. The number of hydrogen-bond donors (Lipinski definition) is 0. The number of esters is 1. The minimum atomic E-state index is -0.377. The molecule has 24 heavy (non-hydrogen) atoms. The third-order valence-electron chi connectivity index (χ3n) is 5.61. The molecule has 2 aliphatic heterocycles. The van der Waals surface area contributed by atoms with Gasteiger partial charge in [-0.15, -0.1) is 0 Å². The monoisotopic (exact) mass is 329 g/mol. The predicted molar refractivity (Wildman–Crippen MR) is 87.2 cm³/mol.